The summed E-state index contributed by atoms with van der Waals surface area (Å²) in [7, 11) is 0. The van der Waals surface area contributed by atoms with Gasteiger partial charge in [0.05, 0.1) is 6.42 Å². The van der Waals surface area contributed by atoms with Crippen molar-refractivity contribution in [2.45, 2.75) is 25.3 Å². The molecular weight excluding hydrogens is 376 g/mol. The molecule has 1 saturated heterocycles. The highest BCUT2D eigenvalue weighted by molar-refractivity contribution is 5.92. The summed E-state index contributed by atoms with van der Waals surface area (Å²) in [6.07, 6.45) is 2.71. The Morgan fingerprint density at radius 3 is 2.23 bits per heavy atom. The average Bonchev–Trinajstić information content (AvgIpc) is 3.29. The van der Waals surface area contributed by atoms with Crippen molar-refractivity contribution in [1.82, 2.24) is 5.32 Å². The third-order valence-corrected chi connectivity index (χ3v) is 5.02. The summed E-state index contributed by atoms with van der Waals surface area (Å²) in [4.78, 5) is 12.2. The predicted molar refractivity (Wildman–Crippen MR) is 118 cm³/mol. The van der Waals surface area contributed by atoms with Gasteiger partial charge < -0.3 is 20.1 Å². The molecule has 154 valence electrons. The molecule has 5 heteroatoms. The van der Waals surface area contributed by atoms with Crippen LogP contribution in [-0.2, 0) is 11.2 Å². The Morgan fingerprint density at radius 2 is 1.57 bits per heavy atom. The van der Waals surface area contributed by atoms with Crippen LogP contribution in [-0.4, -0.2) is 25.1 Å². The summed E-state index contributed by atoms with van der Waals surface area (Å²) in [6, 6.07) is 25.1. The van der Waals surface area contributed by atoms with E-state index in [9.17, 15) is 4.79 Å². The van der Waals surface area contributed by atoms with Crippen molar-refractivity contribution in [1.29, 1.82) is 0 Å². The molecule has 1 aliphatic rings. The summed E-state index contributed by atoms with van der Waals surface area (Å²) in [5, 5.41) is 6.32. The van der Waals surface area contributed by atoms with Crippen molar-refractivity contribution in [3.05, 3.63) is 84.4 Å². The van der Waals surface area contributed by atoms with Gasteiger partial charge in [-0.3, -0.25) is 4.79 Å². The lowest BCUT2D eigenvalue weighted by Gasteiger charge is -2.12. The minimum atomic E-state index is -0.0433. The van der Waals surface area contributed by atoms with Gasteiger partial charge in [-0.25, -0.2) is 0 Å². The third kappa shape index (κ3) is 5.84. The van der Waals surface area contributed by atoms with Crippen LogP contribution in [0.2, 0.25) is 0 Å². The number of benzene rings is 3. The van der Waals surface area contributed by atoms with Gasteiger partial charge >= 0.3 is 0 Å². The number of para-hydroxylation sites is 1. The molecule has 1 amide bonds. The Morgan fingerprint density at radius 1 is 0.900 bits per heavy atom. The monoisotopic (exact) mass is 402 g/mol. The number of anilines is 1. The van der Waals surface area contributed by atoms with Gasteiger partial charge in [0.15, 0.2) is 0 Å². The van der Waals surface area contributed by atoms with Gasteiger partial charge in [0.1, 0.15) is 23.9 Å². The molecule has 4 rings (SSSR count). The fraction of sp³-hybridized carbons (Fsp3) is 0.240. The Kier molecular flexibility index (Phi) is 6.62. The molecule has 1 atom stereocenters. The number of amides is 1. The lowest BCUT2D eigenvalue weighted by atomic mass is 10.1. The van der Waals surface area contributed by atoms with E-state index in [4.69, 9.17) is 9.47 Å². The summed E-state index contributed by atoms with van der Waals surface area (Å²) in [5.41, 5.74) is 1.73. The van der Waals surface area contributed by atoms with Crippen LogP contribution in [0, 0.1) is 0 Å². The van der Waals surface area contributed by atoms with Crippen molar-refractivity contribution in [2.24, 2.45) is 0 Å². The van der Waals surface area contributed by atoms with Gasteiger partial charge in [-0.05, 0) is 73.5 Å². The summed E-state index contributed by atoms with van der Waals surface area (Å²) in [6.45, 7) is 1.77. The van der Waals surface area contributed by atoms with Crippen LogP contribution in [0.3, 0.4) is 0 Å². The van der Waals surface area contributed by atoms with Gasteiger partial charge in [-0.1, -0.05) is 30.3 Å². The molecule has 0 bridgehead atoms. The van der Waals surface area contributed by atoms with Gasteiger partial charge in [0.2, 0.25) is 5.91 Å². The molecule has 1 fully saturated rings. The number of carbonyl (C=O) groups is 1. The van der Waals surface area contributed by atoms with Crippen molar-refractivity contribution in [3.8, 4) is 17.2 Å². The first-order valence-electron chi connectivity index (χ1n) is 10.3. The van der Waals surface area contributed by atoms with Crippen LogP contribution in [0.1, 0.15) is 18.4 Å². The van der Waals surface area contributed by atoms with Crippen LogP contribution in [0.5, 0.6) is 17.2 Å². The summed E-state index contributed by atoms with van der Waals surface area (Å²) < 4.78 is 11.7. The molecular formula is C25H26N2O3. The minimum absolute atomic E-state index is 0.0433. The minimum Gasteiger partial charge on any atom is -0.492 e. The Hall–Kier alpha value is -3.31. The number of carbonyl (C=O) groups excluding carboxylic acids is 1. The molecule has 1 aliphatic heterocycles. The molecule has 5 nitrogen and oxygen atoms in total. The molecule has 0 unspecified atom stereocenters. The zero-order valence-electron chi connectivity index (χ0n) is 16.8. The van der Waals surface area contributed by atoms with E-state index in [0.29, 0.717) is 19.1 Å². The second kappa shape index (κ2) is 9.94. The van der Waals surface area contributed by atoms with E-state index in [1.165, 1.54) is 12.8 Å². The van der Waals surface area contributed by atoms with E-state index in [2.05, 4.69) is 10.6 Å². The first-order chi connectivity index (χ1) is 14.7. The maximum atomic E-state index is 12.2. The van der Waals surface area contributed by atoms with E-state index < -0.39 is 0 Å². The van der Waals surface area contributed by atoms with Crippen LogP contribution >= 0.6 is 0 Å². The van der Waals surface area contributed by atoms with Crippen molar-refractivity contribution >= 4 is 11.6 Å². The maximum Gasteiger partial charge on any atom is 0.228 e. The van der Waals surface area contributed by atoms with Gasteiger partial charge in [0, 0.05) is 11.7 Å². The highest BCUT2D eigenvalue weighted by Crippen LogP contribution is 2.24. The molecule has 0 spiro atoms. The number of nitrogens with one attached hydrogen (secondary N) is 2. The zero-order valence-corrected chi connectivity index (χ0v) is 16.8. The summed E-state index contributed by atoms with van der Waals surface area (Å²) in [5.74, 6) is 2.27. The molecule has 30 heavy (non-hydrogen) atoms. The molecule has 1 heterocycles. The van der Waals surface area contributed by atoms with E-state index in [1.807, 2.05) is 78.9 Å². The first kappa shape index (κ1) is 20.0. The van der Waals surface area contributed by atoms with Crippen LogP contribution in [0.4, 0.5) is 5.69 Å². The number of hydrogen-bond donors (Lipinski definition) is 2. The Balaban J connectivity index is 1.26. The van der Waals surface area contributed by atoms with Crippen molar-refractivity contribution < 1.29 is 14.3 Å². The molecule has 0 aliphatic carbocycles. The normalized spacial score (nSPS) is 15.5. The molecule has 3 aromatic carbocycles. The zero-order chi connectivity index (χ0) is 20.6. The Bertz CT molecular complexity index is 934. The fourth-order valence-corrected chi connectivity index (χ4v) is 3.42. The topological polar surface area (TPSA) is 59.6 Å². The van der Waals surface area contributed by atoms with Gasteiger partial charge in [0.25, 0.3) is 0 Å². The lowest BCUT2D eigenvalue weighted by molar-refractivity contribution is -0.115. The number of rotatable bonds is 8. The second-order valence-electron chi connectivity index (χ2n) is 7.41. The predicted octanol–water partition coefficient (Wildman–Crippen LogP) is 4.79. The third-order valence-electron chi connectivity index (χ3n) is 5.02. The number of hydrogen-bond acceptors (Lipinski definition) is 4. The van der Waals surface area contributed by atoms with Crippen molar-refractivity contribution in [3.63, 3.8) is 0 Å². The van der Waals surface area contributed by atoms with E-state index in [1.54, 1.807) is 0 Å². The largest absolute Gasteiger partial charge is 0.492 e. The fourth-order valence-electron chi connectivity index (χ4n) is 3.42. The van der Waals surface area contributed by atoms with E-state index >= 15 is 0 Å². The molecule has 0 saturated carbocycles. The first-order valence-corrected chi connectivity index (χ1v) is 10.3. The standard InChI is InChI=1S/C25H26N2O3/c28-25(27-20-5-2-1-3-6-20)17-19-8-10-23(11-9-19)30-24-14-12-22(13-15-24)29-18-21-7-4-16-26-21/h1-3,5-6,8-15,21,26H,4,7,16-18H2,(H,27,28)/t21-/m0/s1. The lowest BCUT2D eigenvalue weighted by Crippen LogP contribution is -2.28. The van der Waals surface area contributed by atoms with Gasteiger partial charge in [-0.2, -0.15) is 0 Å². The summed E-state index contributed by atoms with van der Waals surface area (Å²) >= 11 is 0. The van der Waals surface area contributed by atoms with Crippen LogP contribution in [0.25, 0.3) is 0 Å². The van der Waals surface area contributed by atoms with Crippen LogP contribution in [0.15, 0.2) is 78.9 Å². The van der Waals surface area contributed by atoms with E-state index in [-0.39, 0.29) is 5.91 Å². The molecule has 2 N–H and O–H groups in total. The molecule has 0 aromatic heterocycles. The van der Waals surface area contributed by atoms with E-state index in [0.717, 1.165) is 35.0 Å². The van der Waals surface area contributed by atoms with Gasteiger partial charge in [-0.15, -0.1) is 0 Å². The quantitative estimate of drug-likeness (QED) is 0.569. The maximum absolute atomic E-state index is 12.2. The Labute approximate surface area is 177 Å². The average molecular weight is 402 g/mol. The van der Waals surface area contributed by atoms with Crippen LogP contribution < -0.4 is 20.1 Å². The smallest absolute Gasteiger partial charge is 0.228 e. The molecule has 0 radical (unpaired) electrons. The number of ether oxygens (including phenoxy) is 2. The molecule has 3 aromatic rings. The highest BCUT2D eigenvalue weighted by atomic mass is 16.5. The second-order valence-corrected chi connectivity index (χ2v) is 7.41. The highest BCUT2D eigenvalue weighted by Gasteiger charge is 2.14. The SMILES string of the molecule is O=C(Cc1ccc(Oc2ccc(OC[C@@H]3CCCN3)cc2)cc1)Nc1ccccc1. The van der Waals surface area contributed by atoms with Crippen molar-refractivity contribution in [2.75, 3.05) is 18.5 Å².